The number of likely N-dealkylation sites (tertiary alicyclic amines) is 1. The van der Waals surface area contributed by atoms with Crippen LogP contribution >= 0.6 is 11.3 Å². The average Bonchev–Trinajstić information content (AvgIpc) is 3.64. The summed E-state index contributed by atoms with van der Waals surface area (Å²) in [5.41, 5.74) is 3.73. The van der Waals surface area contributed by atoms with Gasteiger partial charge in [-0.15, -0.1) is 11.3 Å². The minimum atomic E-state index is -0.179. The number of ketones is 1. The second-order valence-electron chi connectivity index (χ2n) is 10.3. The van der Waals surface area contributed by atoms with Gasteiger partial charge in [0.05, 0.1) is 6.54 Å². The van der Waals surface area contributed by atoms with Crippen LogP contribution in [0.4, 0.5) is 0 Å². The van der Waals surface area contributed by atoms with Gasteiger partial charge in [0.15, 0.2) is 0 Å². The first kappa shape index (κ1) is 23.9. The van der Waals surface area contributed by atoms with Crippen LogP contribution in [-0.2, 0) is 23.2 Å². The third-order valence-corrected chi connectivity index (χ3v) is 9.14. The summed E-state index contributed by atoms with van der Waals surface area (Å²) in [6.45, 7) is 2.28. The minimum absolute atomic E-state index is 0.0110. The lowest BCUT2D eigenvalue weighted by molar-refractivity contribution is -0.126. The van der Waals surface area contributed by atoms with Gasteiger partial charge in [-0.2, -0.15) is 0 Å². The number of thiophene rings is 1. The number of carbonyl (C=O) groups excluding carboxylic acids is 1. The summed E-state index contributed by atoms with van der Waals surface area (Å²) in [5, 5.41) is 2.11. The van der Waals surface area contributed by atoms with Crippen LogP contribution < -0.4 is 0 Å². The summed E-state index contributed by atoms with van der Waals surface area (Å²) in [6, 6.07) is 36.6. The summed E-state index contributed by atoms with van der Waals surface area (Å²) in [7, 11) is 0. The van der Waals surface area contributed by atoms with Crippen LogP contribution in [0.3, 0.4) is 0 Å². The van der Waals surface area contributed by atoms with Crippen LogP contribution in [0.2, 0.25) is 0 Å². The van der Waals surface area contributed by atoms with Gasteiger partial charge in [-0.3, -0.25) is 9.79 Å². The van der Waals surface area contributed by atoms with Gasteiger partial charge >= 0.3 is 0 Å². The molecule has 186 valence electrons. The zero-order valence-electron chi connectivity index (χ0n) is 21.0. The van der Waals surface area contributed by atoms with Crippen molar-refractivity contribution in [1.29, 1.82) is 0 Å². The number of aliphatic imine (C=N–C) groups is 1. The third-order valence-electron chi connectivity index (χ3n) is 8.28. The lowest BCUT2D eigenvalue weighted by Crippen LogP contribution is -2.47. The van der Waals surface area contributed by atoms with E-state index in [9.17, 15) is 4.79 Å². The topological polar surface area (TPSA) is 32.7 Å². The zero-order valence-corrected chi connectivity index (χ0v) is 21.8. The summed E-state index contributed by atoms with van der Waals surface area (Å²) in [6.07, 6.45) is 2.26. The largest absolute Gasteiger partial charge is 0.359 e. The molecule has 4 aromatic rings. The standard InChI is InChI=1S/C33H32N2OS/c36-31-18-19-33(26-13-6-2-7-14-26,27-15-8-3-9-16-27)30-24-35(23-29(30)31)32(21-25-11-4-1-5-12-25)34-22-28-17-10-20-37-28/h1-17,20,29-30H,18-19,21-24H2. The molecule has 0 bridgehead atoms. The van der Waals surface area contributed by atoms with E-state index in [0.29, 0.717) is 18.7 Å². The van der Waals surface area contributed by atoms with Crippen molar-refractivity contribution in [2.75, 3.05) is 13.1 Å². The second kappa shape index (κ2) is 10.5. The molecular weight excluding hydrogens is 472 g/mol. The Balaban J connectivity index is 1.39. The molecule has 3 nitrogen and oxygen atoms in total. The molecule has 1 saturated heterocycles. The summed E-state index contributed by atoms with van der Waals surface area (Å²) >= 11 is 1.75. The van der Waals surface area contributed by atoms with Crippen molar-refractivity contribution < 1.29 is 4.79 Å². The predicted octanol–water partition coefficient (Wildman–Crippen LogP) is 6.79. The van der Waals surface area contributed by atoms with E-state index >= 15 is 0 Å². The van der Waals surface area contributed by atoms with Crippen molar-refractivity contribution in [2.24, 2.45) is 16.8 Å². The molecule has 4 heteroatoms. The molecule has 1 aromatic heterocycles. The number of rotatable bonds is 6. The summed E-state index contributed by atoms with van der Waals surface area (Å²) in [4.78, 5) is 22.3. The second-order valence-corrected chi connectivity index (χ2v) is 11.3. The lowest BCUT2D eigenvalue weighted by Gasteiger charge is -2.45. The zero-order chi connectivity index (χ0) is 25.1. The first-order chi connectivity index (χ1) is 18.2. The normalized spacial score (nSPS) is 21.1. The highest BCUT2D eigenvalue weighted by molar-refractivity contribution is 7.09. The molecular formula is C33H32N2OS. The molecule has 0 N–H and O–H groups in total. The van der Waals surface area contributed by atoms with E-state index in [1.54, 1.807) is 11.3 Å². The first-order valence-corrected chi connectivity index (χ1v) is 14.1. The van der Waals surface area contributed by atoms with Crippen LogP contribution in [-0.4, -0.2) is 29.6 Å². The number of benzene rings is 3. The van der Waals surface area contributed by atoms with Crippen molar-refractivity contribution >= 4 is 23.0 Å². The highest BCUT2D eigenvalue weighted by atomic mass is 32.1. The molecule has 1 aliphatic carbocycles. The highest BCUT2D eigenvalue weighted by Crippen LogP contribution is 2.52. The van der Waals surface area contributed by atoms with E-state index in [-0.39, 0.29) is 17.3 Å². The molecule has 2 heterocycles. The number of amidine groups is 1. The summed E-state index contributed by atoms with van der Waals surface area (Å²) < 4.78 is 0. The minimum Gasteiger partial charge on any atom is -0.359 e. The number of carbonyl (C=O) groups is 1. The van der Waals surface area contributed by atoms with Crippen molar-refractivity contribution in [3.63, 3.8) is 0 Å². The van der Waals surface area contributed by atoms with Crippen molar-refractivity contribution in [1.82, 2.24) is 4.90 Å². The average molecular weight is 505 g/mol. The van der Waals surface area contributed by atoms with Crippen molar-refractivity contribution in [2.45, 2.75) is 31.2 Å². The molecule has 2 atom stereocenters. The van der Waals surface area contributed by atoms with Gasteiger partial charge in [0, 0.05) is 48.1 Å². The van der Waals surface area contributed by atoms with E-state index in [2.05, 4.69) is 113 Å². The Morgan fingerprint density at radius 1 is 0.838 bits per heavy atom. The first-order valence-electron chi connectivity index (χ1n) is 13.2. The molecule has 0 radical (unpaired) electrons. The fourth-order valence-electron chi connectivity index (χ4n) is 6.50. The maximum absolute atomic E-state index is 13.4. The van der Waals surface area contributed by atoms with Gasteiger partial charge < -0.3 is 4.90 Å². The molecule has 2 aliphatic rings. The van der Waals surface area contributed by atoms with Gasteiger partial charge in [-0.25, -0.2) is 0 Å². The molecule has 1 aliphatic heterocycles. The quantitative estimate of drug-likeness (QED) is 0.214. The molecule has 37 heavy (non-hydrogen) atoms. The number of hydrogen-bond acceptors (Lipinski definition) is 3. The van der Waals surface area contributed by atoms with Crippen molar-refractivity contribution in [3.05, 3.63) is 130 Å². The maximum Gasteiger partial charge on any atom is 0.138 e. The molecule has 3 aromatic carbocycles. The Kier molecular flexibility index (Phi) is 6.75. The number of fused-ring (bicyclic) bond motifs is 1. The highest BCUT2D eigenvalue weighted by Gasteiger charge is 2.54. The third kappa shape index (κ3) is 4.67. The molecule has 6 rings (SSSR count). The smallest absolute Gasteiger partial charge is 0.138 e. The number of Topliss-reactive ketones (excluding diaryl/α,β-unsaturated/α-hetero) is 1. The Labute approximate surface area is 223 Å². The number of nitrogens with zero attached hydrogens (tertiary/aromatic N) is 2. The fourth-order valence-corrected chi connectivity index (χ4v) is 7.13. The lowest BCUT2D eigenvalue weighted by atomic mass is 9.56. The van der Waals surface area contributed by atoms with Crippen LogP contribution in [0.1, 0.15) is 34.4 Å². The van der Waals surface area contributed by atoms with E-state index in [1.807, 2.05) is 0 Å². The molecule has 0 spiro atoms. The van der Waals surface area contributed by atoms with Gasteiger partial charge in [0.2, 0.25) is 0 Å². The Morgan fingerprint density at radius 2 is 1.49 bits per heavy atom. The Morgan fingerprint density at radius 3 is 2.11 bits per heavy atom. The van der Waals surface area contributed by atoms with E-state index in [4.69, 9.17) is 4.99 Å². The van der Waals surface area contributed by atoms with Gasteiger partial charge in [0.1, 0.15) is 11.6 Å². The van der Waals surface area contributed by atoms with Crippen LogP contribution in [0.5, 0.6) is 0 Å². The van der Waals surface area contributed by atoms with Crippen LogP contribution in [0.15, 0.2) is 114 Å². The van der Waals surface area contributed by atoms with Crippen LogP contribution in [0, 0.1) is 11.8 Å². The molecule has 2 fully saturated rings. The molecule has 0 amide bonds. The predicted molar refractivity (Wildman–Crippen MR) is 152 cm³/mol. The van der Waals surface area contributed by atoms with E-state index in [1.165, 1.54) is 21.6 Å². The van der Waals surface area contributed by atoms with E-state index < -0.39 is 0 Å². The van der Waals surface area contributed by atoms with Crippen LogP contribution in [0.25, 0.3) is 0 Å². The fraction of sp³-hybridized carbons (Fsp3) is 0.273. The SMILES string of the molecule is O=C1CCC(c2ccccc2)(c2ccccc2)C2CN(C(Cc3ccccc3)=NCc3cccs3)CC12. The number of hydrogen-bond donors (Lipinski definition) is 0. The van der Waals surface area contributed by atoms with E-state index in [0.717, 1.165) is 31.8 Å². The Bertz CT molecular complexity index is 1310. The molecule has 2 unspecified atom stereocenters. The summed E-state index contributed by atoms with van der Waals surface area (Å²) in [5.74, 6) is 1.72. The monoisotopic (exact) mass is 504 g/mol. The molecule has 1 saturated carbocycles. The van der Waals surface area contributed by atoms with Gasteiger partial charge in [0.25, 0.3) is 0 Å². The maximum atomic E-state index is 13.4. The Hall–Kier alpha value is -3.50. The van der Waals surface area contributed by atoms with Gasteiger partial charge in [-0.05, 0) is 34.6 Å². The van der Waals surface area contributed by atoms with Crippen molar-refractivity contribution in [3.8, 4) is 0 Å². The van der Waals surface area contributed by atoms with Gasteiger partial charge in [-0.1, -0.05) is 97.1 Å².